The van der Waals surface area contributed by atoms with Crippen molar-refractivity contribution in [3.63, 3.8) is 0 Å². The Labute approximate surface area is 447 Å². The molecule has 18 heteroatoms. The van der Waals surface area contributed by atoms with E-state index in [2.05, 4.69) is 84.9 Å². The molecule has 18 nitrogen and oxygen atoms in total. The maximum Gasteiger partial charge on any atom is 0.327 e. The first-order valence-electron chi connectivity index (χ1n) is 27.3. The molecule has 0 amide bonds. The molecular weight excluding hydrogens is 973 g/mol. The Kier molecular flexibility index (Phi) is 15.8. The summed E-state index contributed by atoms with van der Waals surface area (Å²) in [5.41, 5.74) is -3.06. The zero-order chi connectivity index (χ0) is 56.1. The molecule has 6 saturated heterocycles. The summed E-state index contributed by atoms with van der Waals surface area (Å²) in [5.74, 6) is -0.727. The van der Waals surface area contributed by atoms with E-state index in [9.17, 15) is 28.8 Å². The van der Waals surface area contributed by atoms with Crippen molar-refractivity contribution in [2.75, 3.05) is 0 Å². The minimum absolute atomic E-state index is 0.00546. The third-order valence-corrected chi connectivity index (χ3v) is 20.0. The maximum atomic E-state index is 11.5. The molecule has 6 heterocycles. The molecule has 19 atom stereocenters. The van der Waals surface area contributed by atoms with Crippen LogP contribution < -0.4 is 0 Å². The van der Waals surface area contributed by atoms with E-state index in [1.165, 1.54) is 0 Å². The molecule has 12 fully saturated rings. The number of carbonyl (C=O) groups is 6. The quantitative estimate of drug-likeness (QED) is 0.162. The van der Waals surface area contributed by atoms with E-state index in [1.807, 2.05) is 20.8 Å². The molecule has 0 aromatic carbocycles. The average Bonchev–Trinajstić information content (AvgIpc) is 4.19. The number of ether oxygens (including phenoxy) is 6. The standard InChI is InChI=1S/4C10H13NO2.2C9H11NO2/c1-10(2)4-6(5-11)7-3-8(10)13-9(7)12;1-6-3-7(5-11)8-4-10(6,2)13-9(8)12;1-9(2)3-4-10(6-11)5-7(9)13-8(10)12;1-7-3-4-10(6-11)5-9(7,2)13-8(10)12;1-5-2-6(4-10)7-3-8(5)12-9(7)11;1-6-2-3-9(5-10)4-7(6)12-8(9)11/h2*6-8H,3-4H2,1-2H3;2*7H,3-5H2,1-2H3;5-8H,2-3H2,1H3;6-7H,2-4H2,1H3. The summed E-state index contributed by atoms with van der Waals surface area (Å²) in [6.45, 7) is 20.5. The van der Waals surface area contributed by atoms with Gasteiger partial charge in [0.15, 0.2) is 16.2 Å². The first kappa shape index (κ1) is 57.5. The molecule has 0 N–H and O–H groups in total. The van der Waals surface area contributed by atoms with Crippen LogP contribution in [-0.4, -0.2) is 71.4 Å². The van der Waals surface area contributed by atoms with Gasteiger partial charge in [0.1, 0.15) is 35.6 Å². The van der Waals surface area contributed by atoms with Crippen LogP contribution in [0, 0.1) is 154 Å². The van der Waals surface area contributed by atoms with E-state index < -0.39 is 16.2 Å². The van der Waals surface area contributed by atoms with Gasteiger partial charge in [-0.15, -0.1) is 0 Å². The fraction of sp³-hybridized carbons (Fsp3) is 0.793. The highest BCUT2D eigenvalue weighted by molar-refractivity contribution is 5.84. The molecule has 12 rings (SSSR count). The van der Waals surface area contributed by atoms with Crippen LogP contribution in [0.5, 0.6) is 0 Å². The minimum atomic E-state index is -0.818. The van der Waals surface area contributed by atoms with Crippen molar-refractivity contribution in [1.82, 2.24) is 0 Å². The van der Waals surface area contributed by atoms with Crippen molar-refractivity contribution >= 4 is 35.8 Å². The van der Waals surface area contributed by atoms with Crippen molar-refractivity contribution < 1.29 is 57.2 Å². The van der Waals surface area contributed by atoms with Crippen molar-refractivity contribution in [3.8, 4) is 36.4 Å². The van der Waals surface area contributed by atoms with Crippen LogP contribution in [0.1, 0.15) is 166 Å². The summed E-state index contributed by atoms with van der Waals surface area (Å²) in [7, 11) is 0. The molecule has 0 aromatic rings. The predicted octanol–water partition coefficient (Wildman–Crippen LogP) is 8.58. The molecule has 6 aliphatic heterocycles. The Morgan fingerprint density at radius 2 is 1.01 bits per heavy atom. The number of hydrogen-bond donors (Lipinski definition) is 0. The van der Waals surface area contributed by atoms with Gasteiger partial charge in [-0.05, 0) is 108 Å². The molecule has 76 heavy (non-hydrogen) atoms. The molecule has 6 aliphatic carbocycles. The second-order valence-electron chi connectivity index (χ2n) is 26.0. The number of carbonyl (C=O) groups excluding carboxylic acids is 6. The highest BCUT2D eigenvalue weighted by Gasteiger charge is 2.61. The number of fused-ring (bicyclic) bond motifs is 12. The Balaban J connectivity index is 0.000000133. The van der Waals surface area contributed by atoms with E-state index in [0.717, 1.165) is 57.8 Å². The SMILES string of the molecule is CC1(C)CC(C#N)C2CC1OC2=O.CC1(C)CCC2(C#N)CC1OC2=O.CC1CC(C#N)C2CC1(C)OC2=O.CC1CC(C#N)C2CC1OC2=O.CC1CCC2(C#N)CC1(C)OC2=O.CC1CCC2(C#N)CC1OC2=O. The summed E-state index contributed by atoms with van der Waals surface area (Å²) >= 11 is 0. The molecular formula is C58H74N6O12. The number of nitriles is 6. The van der Waals surface area contributed by atoms with E-state index in [-0.39, 0.29) is 118 Å². The van der Waals surface area contributed by atoms with Crippen LogP contribution in [0.4, 0.5) is 0 Å². The largest absolute Gasteiger partial charge is 0.462 e. The third-order valence-electron chi connectivity index (χ3n) is 20.0. The third kappa shape index (κ3) is 10.5. The molecule has 19 unspecified atom stereocenters. The van der Waals surface area contributed by atoms with Crippen molar-refractivity contribution in [2.24, 2.45) is 86.3 Å². The fourth-order valence-electron chi connectivity index (χ4n) is 13.6. The monoisotopic (exact) mass is 1050 g/mol. The van der Waals surface area contributed by atoms with Crippen LogP contribution >= 0.6 is 0 Å². The van der Waals surface area contributed by atoms with E-state index >= 15 is 0 Å². The lowest BCUT2D eigenvalue weighted by molar-refractivity contribution is -0.152. The summed E-state index contributed by atoms with van der Waals surface area (Å²) in [5, 5.41) is 53.4. The van der Waals surface area contributed by atoms with Gasteiger partial charge >= 0.3 is 35.8 Å². The number of rotatable bonds is 0. The first-order chi connectivity index (χ1) is 35.5. The summed E-state index contributed by atoms with van der Waals surface area (Å²) in [6, 6.07) is 13.0. The van der Waals surface area contributed by atoms with Gasteiger partial charge in [0.05, 0.1) is 71.9 Å². The van der Waals surface area contributed by atoms with Gasteiger partial charge < -0.3 is 28.4 Å². The smallest absolute Gasteiger partial charge is 0.327 e. The Morgan fingerprint density at radius 3 is 1.64 bits per heavy atom. The molecule has 408 valence electrons. The van der Waals surface area contributed by atoms with E-state index in [4.69, 9.17) is 60.0 Å². The van der Waals surface area contributed by atoms with E-state index in [1.54, 1.807) is 0 Å². The van der Waals surface area contributed by atoms with Crippen LogP contribution in [-0.2, 0) is 57.2 Å². The normalized spacial score (nSPS) is 44.8. The van der Waals surface area contributed by atoms with Gasteiger partial charge in [0, 0.05) is 36.5 Å². The number of hydrogen-bond acceptors (Lipinski definition) is 18. The summed E-state index contributed by atoms with van der Waals surface area (Å²) in [4.78, 5) is 68.2. The molecule has 12 aliphatic rings. The second-order valence-corrected chi connectivity index (χ2v) is 26.0. The van der Waals surface area contributed by atoms with Crippen LogP contribution in [0.15, 0.2) is 0 Å². The highest BCUT2D eigenvalue weighted by atomic mass is 16.6. The van der Waals surface area contributed by atoms with Gasteiger partial charge in [-0.25, -0.2) is 0 Å². The molecule has 0 radical (unpaired) electrons. The van der Waals surface area contributed by atoms with Crippen LogP contribution in [0.2, 0.25) is 0 Å². The van der Waals surface area contributed by atoms with Crippen molar-refractivity contribution in [2.45, 2.75) is 201 Å². The van der Waals surface area contributed by atoms with Gasteiger partial charge in [-0.3, -0.25) is 28.8 Å². The summed E-state index contributed by atoms with van der Waals surface area (Å²) < 4.78 is 31.4. The topological polar surface area (TPSA) is 301 Å². The second kappa shape index (κ2) is 20.9. The highest BCUT2D eigenvalue weighted by Crippen LogP contribution is 2.55. The lowest BCUT2D eigenvalue weighted by Gasteiger charge is -2.35. The Hall–Kier alpha value is -6.24. The Bertz CT molecular complexity index is 2630. The molecule has 6 saturated carbocycles. The lowest BCUT2D eigenvalue weighted by Crippen LogP contribution is -2.37. The van der Waals surface area contributed by atoms with Crippen molar-refractivity contribution in [1.29, 1.82) is 31.6 Å². The van der Waals surface area contributed by atoms with Crippen LogP contribution in [0.25, 0.3) is 0 Å². The van der Waals surface area contributed by atoms with Gasteiger partial charge in [-0.1, -0.05) is 55.4 Å². The predicted molar refractivity (Wildman–Crippen MR) is 264 cm³/mol. The zero-order valence-corrected chi connectivity index (χ0v) is 45.8. The average molecular weight is 1050 g/mol. The van der Waals surface area contributed by atoms with Crippen molar-refractivity contribution in [3.05, 3.63) is 0 Å². The zero-order valence-electron chi connectivity index (χ0n) is 45.8. The number of nitrogens with zero attached hydrogens (tertiary/aromatic N) is 6. The van der Waals surface area contributed by atoms with Gasteiger partial charge in [0.25, 0.3) is 0 Å². The minimum Gasteiger partial charge on any atom is -0.462 e. The van der Waals surface area contributed by atoms with Gasteiger partial charge in [-0.2, -0.15) is 31.6 Å². The first-order valence-corrected chi connectivity index (χ1v) is 27.3. The summed E-state index contributed by atoms with van der Waals surface area (Å²) in [6.07, 6.45) is 11.2. The molecule has 0 aromatic heterocycles. The number of esters is 6. The lowest BCUT2D eigenvalue weighted by atomic mass is 9.66. The molecule has 12 bridgehead atoms. The van der Waals surface area contributed by atoms with Crippen LogP contribution in [0.3, 0.4) is 0 Å². The maximum absolute atomic E-state index is 11.5. The Morgan fingerprint density at radius 1 is 0.434 bits per heavy atom. The fourth-order valence-corrected chi connectivity index (χ4v) is 13.6. The van der Waals surface area contributed by atoms with Gasteiger partial charge in [0.2, 0.25) is 0 Å². The van der Waals surface area contributed by atoms with E-state index in [0.29, 0.717) is 62.2 Å². The molecule has 0 spiro atoms.